The van der Waals surface area contributed by atoms with Crippen molar-refractivity contribution in [3.05, 3.63) is 46.5 Å². The van der Waals surface area contributed by atoms with Crippen LogP contribution >= 0.6 is 0 Å². The standard InChI is InChI=1S/C12H11N3O3/c1-15-9(4-3-5-10(15)16)11-13-7-6-8(14-11)12(17)18-2/h3-7H,1-2H3. The van der Waals surface area contributed by atoms with Crippen molar-refractivity contribution < 1.29 is 9.53 Å². The van der Waals surface area contributed by atoms with E-state index < -0.39 is 5.97 Å². The van der Waals surface area contributed by atoms with Crippen LogP contribution in [0.2, 0.25) is 0 Å². The van der Waals surface area contributed by atoms with E-state index in [1.54, 1.807) is 19.2 Å². The van der Waals surface area contributed by atoms with E-state index in [0.29, 0.717) is 11.5 Å². The Hall–Kier alpha value is -2.50. The van der Waals surface area contributed by atoms with Crippen molar-refractivity contribution in [1.29, 1.82) is 0 Å². The summed E-state index contributed by atoms with van der Waals surface area (Å²) < 4.78 is 6.00. The fourth-order valence-corrected chi connectivity index (χ4v) is 1.49. The van der Waals surface area contributed by atoms with Crippen LogP contribution in [0.3, 0.4) is 0 Å². The second-order valence-electron chi connectivity index (χ2n) is 3.57. The molecular weight excluding hydrogens is 234 g/mol. The summed E-state index contributed by atoms with van der Waals surface area (Å²) in [6.45, 7) is 0. The van der Waals surface area contributed by atoms with E-state index in [1.165, 1.54) is 30.0 Å². The van der Waals surface area contributed by atoms with Crippen LogP contribution in [0.25, 0.3) is 11.5 Å². The smallest absolute Gasteiger partial charge is 0.356 e. The number of carbonyl (C=O) groups excluding carboxylic acids is 1. The molecular formula is C12H11N3O3. The van der Waals surface area contributed by atoms with Gasteiger partial charge in [-0.2, -0.15) is 0 Å². The molecule has 2 aromatic rings. The summed E-state index contributed by atoms with van der Waals surface area (Å²) in [5.41, 5.74) is 0.520. The Kier molecular flexibility index (Phi) is 3.18. The van der Waals surface area contributed by atoms with E-state index in [0.717, 1.165) is 0 Å². The van der Waals surface area contributed by atoms with E-state index in [4.69, 9.17) is 0 Å². The van der Waals surface area contributed by atoms with Gasteiger partial charge in [0.05, 0.1) is 12.8 Å². The van der Waals surface area contributed by atoms with Gasteiger partial charge in [0.25, 0.3) is 5.56 Å². The van der Waals surface area contributed by atoms with E-state index in [1.807, 2.05) is 0 Å². The maximum atomic E-state index is 11.5. The minimum Gasteiger partial charge on any atom is -0.464 e. The molecule has 0 fully saturated rings. The molecule has 2 aromatic heterocycles. The first-order valence-electron chi connectivity index (χ1n) is 5.21. The highest BCUT2D eigenvalue weighted by molar-refractivity contribution is 5.87. The third-order valence-corrected chi connectivity index (χ3v) is 2.46. The first-order valence-corrected chi connectivity index (χ1v) is 5.21. The molecule has 0 aliphatic rings. The lowest BCUT2D eigenvalue weighted by Crippen LogP contribution is -2.17. The summed E-state index contributed by atoms with van der Waals surface area (Å²) in [5, 5.41) is 0. The number of hydrogen-bond donors (Lipinski definition) is 0. The Morgan fingerprint density at radius 1 is 1.33 bits per heavy atom. The number of ether oxygens (including phenoxy) is 1. The van der Waals surface area contributed by atoms with Gasteiger partial charge in [-0.3, -0.25) is 4.79 Å². The summed E-state index contributed by atoms with van der Waals surface area (Å²) >= 11 is 0. The molecule has 18 heavy (non-hydrogen) atoms. The second kappa shape index (κ2) is 4.79. The van der Waals surface area contributed by atoms with E-state index in [2.05, 4.69) is 14.7 Å². The normalized spacial score (nSPS) is 10.1. The average molecular weight is 245 g/mol. The van der Waals surface area contributed by atoms with Gasteiger partial charge in [-0.25, -0.2) is 14.8 Å². The van der Waals surface area contributed by atoms with Crippen molar-refractivity contribution in [2.45, 2.75) is 0 Å². The molecule has 0 N–H and O–H groups in total. The summed E-state index contributed by atoms with van der Waals surface area (Å²) in [4.78, 5) is 31.0. The monoisotopic (exact) mass is 245 g/mol. The quantitative estimate of drug-likeness (QED) is 0.725. The highest BCUT2D eigenvalue weighted by Gasteiger charge is 2.11. The molecule has 0 saturated heterocycles. The molecule has 0 radical (unpaired) electrons. The molecule has 0 saturated carbocycles. The van der Waals surface area contributed by atoms with E-state index in [9.17, 15) is 9.59 Å². The molecule has 0 amide bonds. The lowest BCUT2D eigenvalue weighted by molar-refractivity contribution is 0.0594. The zero-order valence-corrected chi connectivity index (χ0v) is 9.95. The van der Waals surface area contributed by atoms with E-state index >= 15 is 0 Å². The highest BCUT2D eigenvalue weighted by atomic mass is 16.5. The van der Waals surface area contributed by atoms with Gasteiger partial charge in [-0.15, -0.1) is 0 Å². The molecule has 0 aromatic carbocycles. The van der Waals surface area contributed by atoms with Gasteiger partial charge < -0.3 is 9.30 Å². The van der Waals surface area contributed by atoms with Crippen molar-refractivity contribution in [2.24, 2.45) is 7.05 Å². The summed E-state index contributed by atoms with van der Waals surface area (Å²) in [6.07, 6.45) is 1.45. The number of hydrogen-bond acceptors (Lipinski definition) is 5. The van der Waals surface area contributed by atoms with Crippen LogP contribution in [0, 0.1) is 0 Å². The molecule has 6 nitrogen and oxygen atoms in total. The highest BCUT2D eigenvalue weighted by Crippen LogP contribution is 2.11. The molecule has 0 bridgehead atoms. The van der Waals surface area contributed by atoms with Crippen molar-refractivity contribution in [2.75, 3.05) is 7.11 Å². The SMILES string of the molecule is COC(=O)c1ccnc(-c2cccc(=O)n2C)n1. The van der Waals surface area contributed by atoms with Crippen LogP contribution in [0.15, 0.2) is 35.3 Å². The Morgan fingerprint density at radius 3 is 2.83 bits per heavy atom. The first kappa shape index (κ1) is 12.0. The summed E-state index contributed by atoms with van der Waals surface area (Å²) in [6, 6.07) is 6.22. The van der Waals surface area contributed by atoms with E-state index in [-0.39, 0.29) is 11.3 Å². The number of aromatic nitrogens is 3. The third kappa shape index (κ3) is 2.13. The van der Waals surface area contributed by atoms with Crippen LogP contribution in [-0.4, -0.2) is 27.6 Å². The Bertz CT molecular complexity index is 649. The van der Waals surface area contributed by atoms with Crippen LogP contribution in [0.4, 0.5) is 0 Å². The Morgan fingerprint density at radius 2 is 2.11 bits per heavy atom. The average Bonchev–Trinajstić information content (AvgIpc) is 2.41. The van der Waals surface area contributed by atoms with Gasteiger partial charge in [-0.1, -0.05) is 6.07 Å². The number of carbonyl (C=O) groups is 1. The fourth-order valence-electron chi connectivity index (χ4n) is 1.49. The van der Waals surface area contributed by atoms with Crippen molar-refractivity contribution in [3.63, 3.8) is 0 Å². The topological polar surface area (TPSA) is 74.1 Å². The maximum absolute atomic E-state index is 11.5. The largest absolute Gasteiger partial charge is 0.464 e. The van der Waals surface area contributed by atoms with Gasteiger partial charge in [0.15, 0.2) is 11.5 Å². The number of nitrogens with zero attached hydrogens (tertiary/aromatic N) is 3. The molecule has 92 valence electrons. The van der Waals surface area contributed by atoms with Gasteiger partial charge in [0, 0.05) is 19.3 Å². The van der Waals surface area contributed by atoms with Crippen LogP contribution in [0.5, 0.6) is 0 Å². The molecule has 0 aliphatic carbocycles. The van der Waals surface area contributed by atoms with Gasteiger partial charge in [0.1, 0.15) is 0 Å². The zero-order chi connectivity index (χ0) is 13.1. The van der Waals surface area contributed by atoms with Crippen LogP contribution in [0.1, 0.15) is 10.5 Å². The molecule has 0 spiro atoms. The third-order valence-electron chi connectivity index (χ3n) is 2.46. The summed E-state index contributed by atoms with van der Waals surface area (Å²) in [7, 11) is 2.90. The predicted molar refractivity (Wildman–Crippen MR) is 64.0 cm³/mol. The molecule has 6 heteroatoms. The second-order valence-corrected chi connectivity index (χ2v) is 3.57. The molecule has 0 unspecified atom stereocenters. The minimum absolute atomic E-state index is 0.152. The Balaban J connectivity index is 2.55. The van der Waals surface area contributed by atoms with Crippen molar-refractivity contribution in [3.8, 4) is 11.5 Å². The lowest BCUT2D eigenvalue weighted by Gasteiger charge is -2.06. The first-order chi connectivity index (χ1) is 8.63. The maximum Gasteiger partial charge on any atom is 0.356 e. The Labute approximate surface area is 103 Å². The fraction of sp³-hybridized carbons (Fsp3) is 0.167. The molecule has 0 atom stereocenters. The predicted octanol–water partition coefficient (Wildman–Crippen LogP) is 0.629. The van der Waals surface area contributed by atoms with Gasteiger partial charge in [0.2, 0.25) is 0 Å². The zero-order valence-electron chi connectivity index (χ0n) is 9.95. The lowest BCUT2D eigenvalue weighted by atomic mass is 10.3. The van der Waals surface area contributed by atoms with Crippen molar-refractivity contribution in [1.82, 2.24) is 14.5 Å². The number of rotatable bonds is 2. The molecule has 2 rings (SSSR count). The number of methoxy groups -OCH3 is 1. The van der Waals surface area contributed by atoms with Crippen molar-refractivity contribution >= 4 is 5.97 Å². The minimum atomic E-state index is -0.542. The van der Waals surface area contributed by atoms with Gasteiger partial charge in [-0.05, 0) is 12.1 Å². The molecule has 0 aliphatic heterocycles. The number of esters is 1. The summed E-state index contributed by atoms with van der Waals surface area (Å²) in [5.74, 6) is -0.238. The van der Waals surface area contributed by atoms with Crippen LogP contribution < -0.4 is 5.56 Å². The van der Waals surface area contributed by atoms with Gasteiger partial charge >= 0.3 is 5.97 Å². The van der Waals surface area contributed by atoms with Crippen LogP contribution in [-0.2, 0) is 11.8 Å². The number of pyridine rings is 1. The molecule has 2 heterocycles.